The first kappa shape index (κ1) is 13.9. The van der Waals surface area contributed by atoms with Crippen LogP contribution in [0.3, 0.4) is 0 Å². The van der Waals surface area contributed by atoms with Crippen molar-refractivity contribution in [2.75, 3.05) is 6.54 Å². The fraction of sp³-hybridized carbons (Fsp3) is 0.818. The number of alkyl carbamates (subject to hydrolysis) is 1. The van der Waals surface area contributed by atoms with Gasteiger partial charge in [0.1, 0.15) is 5.60 Å². The highest BCUT2D eigenvalue weighted by molar-refractivity contribution is 5.88. The van der Waals surface area contributed by atoms with Crippen LogP contribution in [0, 0.1) is 5.41 Å². The van der Waals surface area contributed by atoms with Crippen molar-refractivity contribution in [3.05, 3.63) is 0 Å². The summed E-state index contributed by atoms with van der Waals surface area (Å²) < 4.78 is 5.00. The number of amides is 1. The Kier molecular flexibility index (Phi) is 4.31. The Labute approximate surface area is 91.4 Å². The molecular weight excluding hydrogens is 194 g/mol. The maximum atomic E-state index is 11.5. The Morgan fingerprint density at radius 3 is 1.87 bits per heavy atom. The zero-order valence-corrected chi connectivity index (χ0v) is 10.4. The number of nitrogens with one attached hydrogen (secondary N) is 1. The van der Waals surface area contributed by atoms with Crippen molar-refractivity contribution in [1.82, 2.24) is 5.32 Å². The monoisotopic (exact) mass is 215 g/mol. The average molecular weight is 215 g/mol. The second kappa shape index (κ2) is 4.64. The molecule has 0 saturated carbocycles. The number of hydrogen-bond acceptors (Lipinski definition) is 3. The van der Waals surface area contributed by atoms with Gasteiger partial charge < -0.3 is 10.1 Å². The SMILES string of the molecule is CC(C)(C)OC(=O)NCC(=O)C(C)(C)C. The van der Waals surface area contributed by atoms with E-state index in [0.29, 0.717) is 0 Å². The third-order valence-corrected chi connectivity index (χ3v) is 1.63. The van der Waals surface area contributed by atoms with E-state index in [9.17, 15) is 9.59 Å². The Hall–Kier alpha value is -1.06. The maximum Gasteiger partial charge on any atom is 0.408 e. The Balaban J connectivity index is 3.98. The topological polar surface area (TPSA) is 55.4 Å². The van der Waals surface area contributed by atoms with Crippen LogP contribution in [0.5, 0.6) is 0 Å². The minimum Gasteiger partial charge on any atom is -0.444 e. The molecule has 4 heteroatoms. The molecule has 0 radical (unpaired) electrons. The molecule has 0 saturated heterocycles. The van der Waals surface area contributed by atoms with Crippen LogP contribution in [0.1, 0.15) is 41.5 Å². The summed E-state index contributed by atoms with van der Waals surface area (Å²) >= 11 is 0. The first-order chi connectivity index (χ1) is 6.52. The number of Topliss-reactive ketones (excluding diaryl/α,β-unsaturated/α-hetero) is 1. The molecule has 0 spiro atoms. The summed E-state index contributed by atoms with van der Waals surface area (Å²) in [5.74, 6) is -0.0200. The molecule has 0 atom stereocenters. The van der Waals surface area contributed by atoms with Crippen molar-refractivity contribution in [2.45, 2.75) is 47.1 Å². The van der Waals surface area contributed by atoms with Crippen LogP contribution in [-0.4, -0.2) is 24.0 Å². The lowest BCUT2D eigenvalue weighted by Gasteiger charge is -2.21. The lowest BCUT2D eigenvalue weighted by atomic mass is 9.91. The van der Waals surface area contributed by atoms with E-state index in [1.807, 2.05) is 20.8 Å². The van der Waals surface area contributed by atoms with E-state index in [0.717, 1.165) is 0 Å². The van der Waals surface area contributed by atoms with Gasteiger partial charge in [-0.05, 0) is 20.8 Å². The molecule has 4 nitrogen and oxygen atoms in total. The molecule has 0 fully saturated rings. The normalized spacial score (nSPS) is 12.1. The fourth-order valence-corrected chi connectivity index (χ4v) is 0.732. The summed E-state index contributed by atoms with van der Waals surface area (Å²) in [6.07, 6.45) is -0.555. The number of ether oxygens (including phenoxy) is 1. The van der Waals surface area contributed by atoms with Gasteiger partial charge in [0, 0.05) is 5.41 Å². The second-order valence-electron chi connectivity index (χ2n) is 5.53. The van der Waals surface area contributed by atoms with Crippen LogP contribution in [-0.2, 0) is 9.53 Å². The largest absolute Gasteiger partial charge is 0.444 e. The van der Waals surface area contributed by atoms with Gasteiger partial charge in [0.2, 0.25) is 0 Å². The van der Waals surface area contributed by atoms with E-state index in [1.54, 1.807) is 20.8 Å². The van der Waals surface area contributed by atoms with Crippen molar-refractivity contribution in [3.8, 4) is 0 Å². The average Bonchev–Trinajstić information content (AvgIpc) is 1.94. The van der Waals surface area contributed by atoms with Gasteiger partial charge in [-0.1, -0.05) is 20.8 Å². The molecule has 0 aliphatic rings. The number of hydrogen-bond donors (Lipinski definition) is 1. The van der Waals surface area contributed by atoms with E-state index in [1.165, 1.54) is 0 Å². The van der Waals surface area contributed by atoms with Gasteiger partial charge in [-0.2, -0.15) is 0 Å². The third kappa shape index (κ3) is 6.94. The fourth-order valence-electron chi connectivity index (χ4n) is 0.732. The van der Waals surface area contributed by atoms with Crippen molar-refractivity contribution in [2.24, 2.45) is 5.41 Å². The molecule has 0 bridgehead atoms. The Morgan fingerprint density at radius 2 is 1.53 bits per heavy atom. The molecule has 1 N–H and O–H groups in total. The molecule has 0 aliphatic heterocycles. The van der Waals surface area contributed by atoms with Crippen LogP contribution in [0.25, 0.3) is 0 Å². The van der Waals surface area contributed by atoms with Crippen LogP contribution >= 0.6 is 0 Å². The van der Waals surface area contributed by atoms with Gasteiger partial charge in [0.05, 0.1) is 6.54 Å². The van der Waals surface area contributed by atoms with Crippen molar-refractivity contribution >= 4 is 11.9 Å². The molecule has 0 aromatic heterocycles. The highest BCUT2D eigenvalue weighted by Gasteiger charge is 2.22. The van der Waals surface area contributed by atoms with Crippen LogP contribution in [0.2, 0.25) is 0 Å². The summed E-state index contributed by atoms with van der Waals surface area (Å²) in [7, 11) is 0. The predicted octanol–water partition coefficient (Wildman–Crippen LogP) is 2.13. The van der Waals surface area contributed by atoms with Gasteiger partial charge >= 0.3 is 6.09 Å². The van der Waals surface area contributed by atoms with Gasteiger partial charge in [0.25, 0.3) is 0 Å². The predicted molar refractivity (Wildman–Crippen MR) is 58.7 cm³/mol. The van der Waals surface area contributed by atoms with E-state index in [2.05, 4.69) is 5.32 Å². The van der Waals surface area contributed by atoms with E-state index >= 15 is 0 Å². The van der Waals surface area contributed by atoms with E-state index < -0.39 is 17.1 Å². The van der Waals surface area contributed by atoms with E-state index in [4.69, 9.17) is 4.74 Å². The summed E-state index contributed by atoms with van der Waals surface area (Å²) in [4.78, 5) is 22.7. The summed E-state index contributed by atoms with van der Waals surface area (Å²) in [6, 6.07) is 0. The molecule has 0 aromatic rings. The highest BCUT2D eigenvalue weighted by Crippen LogP contribution is 2.13. The summed E-state index contributed by atoms with van der Waals surface area (Å²) in [6.45, 7) is 10.8. The van der Waals surface area contributed by atoms with Crippen molar-refractivity contribution in [1.29, 1.82) is 0 Å². The molecule has 0 heterocycles. The molecule has 88 valence electrons. The standard InChI is InChI=1S/C11H21NO3/c1-10(2,3)8(13)7-12-9(14)15-11(4,5)6/h7H2,1-6H3,(H,12,14). The minimum absolute atomic E-state index is 0.0123. The van der Waals surface area contributed by atoms with Crippen LogP contribution in [0.15, 0.2) is 0 Å². The second-order valence-corrected chi connectivity index (χ2v) is 5.53. The first-order valence-electron chi connectivity index (χ1n) is 5.02. The lowest BCUT2D eigenvalue weighted by molar-refractivity contribution is -0.125. The van der Waals surface area contributed by atoms with Crippen molar-refractivity contribution in [3.63, 3.8) is 0 Å². The molecule has 1 amide bonds. The molecule has 0 unspecified atom stereocenters. The summed E-state index contributed by atoms with van der Waals surface area (Å²) in [5, 5.41) is 2.43. The first-order valence-corrected chi connectivity index (χ1v) is 5.02. The number of carbonyl (C=O) groups excluding carboxylic acids is 2. The van der Waals surface area contributed by atoms with Crippen LogP contribution < -0.4 is 5.32 Å². The van der Waals surface area contributed by atoms with Gasteiger partial charge in [0.15, 0.2) is 5.78 Å². The van der Waals surface area contributed by atoms with Crippen molar-refractivity contribution < 1.29 is 14.3 Å². The molecule has 0 aromatic carbocycles. The Morgan fingerprint density at radius 1 is 1.07 bits per heavy atom. The van der Waals surface area contributed by atoms with Crippen LogP contribution in [0.4, 0.5) is 4.79 Å². The van der Waals surface area contributed by atoms with Gasteiger partial charge in [-0.15, -0.1) is 0 Å². The smallest absolute Gasteiger partial charge is 0.408 e. The molecule has 15 heavy (non-hydrogen) atoms. The number of rotatable bonds is 2. The zero-order valence-electron chi connectivity index (χ0n) is 10.4. The quantitative estimate of drug-likeness (QED) is 0.767. The maximum absolute atomic E-state index is 11.5. The molecule has 0 aliphatic carbocycles. The number of carbonyl (C=O) groups is 2. The lowest BCUT2D eigenvalue weighted by Crippen LogP contribution is -2.38. The number of ketones is 1. The minimum atomic E-state index is -0.555. The Bertz CT molecular complexity index is 246. The van der Waals surface area contributed by atoms with Gasteiger partial charge in [-0.25, -0.2) is 4.79 Å². The van der Waals surface area contributed by atoms with E-state index in [-0.39, 0.29) is 12.3 Å². The highest BCUT2D eigenvalue weighted by atomic mass is 16.6. The molecule has 0 rings (SSSR count). The van der Waals surface area contributed by atoms with Gasteiger partial charge in [-0.3, -0.25) is 4.79 Å². The summed E-state index contributed by atoms with van der Waals surface area (Å²) in [5.41, 5.74) is -0.968. The third-order valence-electron chi connectivity index (χ3n) is 1.63. The molecular formula is C11H21NO3. The zero-order chi connectivity index (χ0) is 12.3.